The van der Waals surface area contributed by atoms with E-state index < -0.39 is 0 Å². The van der Waals surface area contributed by atoms with Crippen LogP contribution >= 0.6 is 0 Å². The molecule has 0 aliphatic carbocycles. The second-order valence-corrected chi connectivity index (χ2v) is 10.7. The molecule has 0 radical (unpaired) electrons. The summed E-state index contributed by atoms with van der Waals surface area (Å²) in [7, 11) is 1.66. The summed E-state index contributed by atoms with van der Waals surface area (Å²) in [5, 5.41) is 12.1. The van der Waals surface area contributed by atoms with Crippen molar-refractivity contribution in [1.82, 2.24) is 25.0 Å². The first-order valence-electron chi connectivity index (χ1n) is 14.1. The van der Waals surface area contributed by atoms with Gasteiger partial charge in [-0.15, -0.1) is 0 Å². The highest BCUT2D eigenvalue weighted by molar-refractivity contribution is 5.96. The van der Waals surface area contributed by atoms with Gasteiger partial charge in [-0.3, -0.25) is 24.4 Å². The third-order valence-electron chi connectivity index (χ3n) is 7.88. The molecule has 2 aromatic carbocycles. The number of aromatic nitrogens is 1. The van der Waals surface area contributed by atoms with Crippen LogP contribution in [0.4, 0.5) is 0 Å². The van der Waals surface area contributed by atoms with Crippen LogP contribution in [-0.2, 0) is 13.1 Å². The van der Waals surface area contributed by atoms with E-state index >= 15 is 0 Å². The van der Waals surface area contributed by atoms with E-state index in [1.54, 1.807) is 19.2 Å². The van der Waals surface area contributed by atoms with Gasteiger partial charge in [0.2, 0.25) is 0 Å². The van der Waals surface area contributed by atoms with Crippen molar-refractivity contribution in [3.8, 4) is 11.8 Å². The monoisotopic (exact) mass is 552 g/mol. The van der Waals surface area contributed by atoms with E-state index in [0.717, 1.165) is 57.9 Å². The van der Waals surface area contributed by atoms with E-state index in [-0.39, 0.29) is 17.9 Å². The summed E-state index contributed by atoms with van der Waals surface area (Å²) in [4.78, 5) is 36.8. The Bertz CT molecular complexity index is 1350. The molecule has 41 heavy (non-hydrogen) atoms. The molecule has 0 unspecified atom stereocenters. The fourth-order valence-electron chi connectivity index (χ4n) is 5.37. The van der Waals surface area contributed by atoms with Crippen LogP contribution in [0.3, 0.4) is 0 Å². The Morgan fingerprint density at radius 1 is 0.878 bits per heavy atom. The number of hydrogen-bond acceptors (Lipinski definition) is 7. The zero-order chi connectivity index (χ0) is 28.6. The minimum Gasteiger partial charge on any atom is -0.497 e. The number of nitrogens with zero attached hydrogens (tertiary/aromatic N) is 5. The number of benzene rings is 2. The second-order valence-electron chi connectivity index (χ2n) is 10.7. The van der Waals surface area contributed by atoms with Gasteiger partial charge in [-0.25, -0.2) is 0 Å². The topological polar surface area (TPSA) is 102 Å². The average molecular weight is 553 g/mol. The second kappa shape index (κ2) is 13.4. The molecule has 212 valence electrons. The van der Waals surface area contributed by atoms with E-state index in [9.17, 15) is 9.59 Å². The fourth-order valence-corrected chi connectivity index (χ4v) is 5.37. The number of piperazine rings is 1. The Kier molecular flexibility index (Phi) is 9.24. The van der Waals surface area contributed by atoms with Crippen LogP contribution in [0.5, 0.6) is 5.75 Å². The molecule has 2 saturated heterocycles. The highest BCUT2D eigenvalue weighted by atomic mass is 16.5. The maximum atomic E-state index is 13.1. The first kappa shape index (κ1) is 28.3. The summed E-state index contributed by atoms with van der Waals surface area (Å²) in [5.74, 6) is 0.587. The Labute approximate surface area is 241 Å². The van der Waals surface area contributed by atoms with Crippen LogP contribution in [0.1, 0.15) is 50.4 Å². The minimum absolute atomic E-state index is 0.0526. The van der Waals surface area contributed by atoms with Gasteiger partial charge >= 0.3 is 0 Å². The highest BCUT2D eigenvalue weighted by Crippen LogP contribution is 2.17. The molecule has 3 heterocycles. The van der Waals surface area contributed by atoms with E-state index in [4.69, 9.17) is 10.00 Å². The van der Waals surface area contributed by atoms with Gasteiger partial charge in [-0.1, -0.05) is 24.3 Å². The van der Waals surface area contributed by atoms with Crippen molar-refractivity contribution in [1.29, 1.82) is 5.26 Å². The predicted octanol–water partition coefficient (Wildman–Crippen LogP) is 3.31. The first-order chi connectivity index (χ1) is 20.0. The summed E-state index contributed by atoms with van der Waals surface area (Å²) in [6.07, 6.45) is 3.24. The number of likely N-dealkylation sites (tertiary alicyclic amines) is 1. The number of carbonyl (C=O) groups excluding carboxylic acids is 2. The Hall–Kier alpha value is -4.26. The van der Waals surface area contributed by atoms with Crippen LogP contribution in [-0.4, -0.2) is 83.9 Å². The number of amides is 2. The van der Waals surface area contributed by atoms with Crippen molar-refractivity contribution in [2.45, 2.75) is 32.0 Å². The number of piperidine rings is 1. The molecule has 5 rings (SSSR count). The summed E-state index contributed by atoms with van der Waals surface area (Å²) in [5.41, 5.74) is 3.89. The maximum Gasteiger partial charge on any atom is 0.270 e. The molecule has 0 atom stereocenters. The van der Waals surface area contributed by atoms with Crippen molar-refractivity contribution >= 4 is 11.8 Å². The van der Waals surface area contributed by atoms with E-state index in [1.165, 1.54) is 17.3 Å². The third kappa shape index (κ3) is 7.48. The summed E-state index contributed by atoms with van der Waals surface area (Å²) in [6.45, 7) is 6.37. The molecule has 0 bridgehead atoms. The fraction of sp³-hybridized carbons (Fsp3) is 0.375. The van der Waals surface area contributed by atoms with E-state index in [2.05, 4.69) is 38.3 Å². The van der Waals surface area contributed by atoms with Crippen molar-refractivity contribution in [3.05, 3.63) is 94.8 Å². The number of hydrogen-bond donors (Lipinski definition) is 1. The van der Waals surface area contributed by atoms with Crippen LogP contribution < -0.4 is 10.1 Å². The lowest BCUT2D eigenvalue weighted by Crippen LogP contribution is -2.48. The molecule has 0 spiro atoms. The lowest BCUT2D eigenvalue weighted by molar-refractivity contribution is 0.0627. The third-order valence-corrected chi connectivity index (χ3v) is 7.88. The maximum absolute atomic E-state index is 13.1. The van der Waals surface area contributed by atoms with Crippen LogP contribution in [0.2, 0.25) is 0 Å². The number of rotatable bonds is 8. The predicted molar refractivity (Wildman–Crippen MR) is 155 cm³/mol. The zero-order valence-electron chi connectivity index (χ0n) is 23.5. The number of nitrogens with one attached hydrogen (secondary N) is 1. The molecule has 9 heteroatoms. The normalized spacial score (nSPS) is 16.6. The zero-order valence-corrected chi connectivity index (χ0v) is 23.5. The van der Waals surface area contributed by atoms with Crippen molar-refractivity contribution in [3.63, 3.8) is 0 Å². The van der Waals surface area contributed by atoms with Gasteiger partial charge in [0, 0.05) is 64.6 Å². The van der Waals surface area contributed by atoms with Crippen molar-refractivity contribution in [2.75, 3.05) is 46.4 Å². The lowest BCUT2D eigenvalue weighted by atomic mass is 10.0. The SMILES string of the molecule is COc1ccc(CN2CCN(C(=O)c3ccc(C(=O)NC4CCN(Cc5ccc(C#N)cc5)CC4)nc3)CC2)cc1. The molecule has 0 saturated carbocycles. The number of pyridine rings is 1. The van der Waals surface area contributed by atoms with Gasteiger partial charge in [0.1, 0.15) is 11.4 Å². The van der Waals surface area contributed by atoms with Gasteiger partial charge in [0.25, 0.3) is 11.8 Å². The van der Waals surface area contributed by atoms with Gasteiger partial charge in [0.15, 0.2) is 0 Å². The van der Waals surface area contributed by atoms with E-state index in [0.29, 0.717) is 29.9 Å². The van der Waals surface area contributed by atoms with Crippen molar-refractivity contribution < 1.29 is 14.3 Å². The standard InChI is InChI=1S/C32H36N6O3/c1-41-29-9-6-26(7-10-29)23-37-16-18-38(19-17-37)32(40)27-8-11-30(34-21-27)31(39)35-28-12-14-36(15-13-28)22-25-4-2-24(20-33)3-5-25/h2-11,21,28H,12-19,22-23H2,1H3,(H,35,39). The molecule has 2 aliphatic heterocycles. The molecular formula is C32H36N6O3. The molecule has 2 aliphatic rings. The van der Waals surface area contributed by atoms with Crippen molar-refractivity contribution in [2.24, 2.45) is 0 Å². The molecule has 2 amide bonds. The summed E-state index contributed by atoms with van der Waals surface area (Å²) < 4.78 is 5.23. The molecular weight excluding hydrogens is 516 g/mol. The smallest absolute Gasteiger partial charge is 0.270 e. The Morgan fingerprint density at radius 3 is 2.05 bits per heavy atom. The first-order valence-corrected chi connectivity index (χ1v) is 14.1. The summed E-state index contributed by atoms with van der Waals surface area (Å²) >= 11 is 0. The molecule has 3 aromatic rings. The molecule has 1 N–H and O–H groups in total. The minimum atomic E-state index is -0.207. The number of methoxy groups -OCH3 is 1. The Morgan fingerprint density at radius 2 is 1.49 bits per heavy atom. The quantitative estimate of drug-likeness (QED) is 0.458. The lowest BCUT2D eigenvalue weighted by Gasteiger charge is -2.34. The summed E-state index contributed by atoms with van der Waals surface area (Å²) in [6, 6.07) is 21.4. The van der Waals surface area contributed by atoms with E-state index in [1.807, 2.05) is 41.3 Å². The van der Waals surface area contributed by atoms with Crippen LogP contribution in [0.25, 0.3) is 0 Å². The van der Waals surface area contributed by atoms with Gasteiger partial charge in [-0.2, -0.15) is 5.26 Å². The number of nitriles is 1. The average Bonchev–Trinajstić information content (AvgIpc) is 3.03. The van der Waals surface area contributed by atoms with Gasteiger partial charge in [0.05, 0.1) is 24.3 Å². The number of ether oxygens (including phenoxy) is 1. The van der Waals surface area contributed by atoms with Gasteiger partial charge in [-0.05, 0) is 60.4 Å². The Balaban J connectivity index is 1.05. The largest absolute Gasteiger partial charge is 0.497 e. The molecule has 2 fully saturated rings. The van der Waals surface area contributed by atoms with Crippen LogP contribution in [0, 0.1) is 11.3 Å². The van der Waals surface area contributed by atoms with Crippen LogP contribution in [0.15, 0.2) is 66.9 Å². The number of carbonyl (C=O) groups is 2. The molecule has 1 aromatic heterocycles. The molecule has 9 nitrogen and oxygen atoms in total. The highest BCUT2D eigenvalue weighted by Gasteiger charge is 2.24. The van der Waals surface area contributed by atoms with Gasteiger partial charge < -0.3 is 15.0 Å².